The van der Waals surface area contributed by atoms with E-state index in [0.29, 0.717) is 19.3 Å². The molecule has 6 nitrogen and oxygen atoms in total. The predicted molar refractivity (Wildman–Crippen MR) is 348 cm³/mol. The summed E-state index contributed by atoms with van der Waals surface area (Å²) in [5.74, 6) is -0.933. The maximum Gasteiger partial charge on any atom is 0.306 e. The standard InChI is InChI=1S/C74H122O6/c1-4-7-10-13-16-19-22-25-27-29-31-32-33-34-35-36-37-38-39-40-41-42-43-45-46-49-52-55-58-61-64-67-73(76)79-70-71(69-78-72(75)66-63-60-57-54-51-48-24-21-18-15-12-9-6-3)80-74(77)68-65-62-59-56-53-50-47-44-30-28-26-23-20-17-14-11-8-5-2/h7,9-10,12,16,18-19,21,25,27,31-32,34-35,37-38,40-41,43,45,48,51,71H,4-6,8,11,13-15,17,20,22-24,26,28-30,33,36,39,42,44,46-47,49-50,52-70H2,1-3H3/b10-7-,12-9-,19-16-,21-18-,27-25-,32-31-,35-34-,38-37-,41-40-,45-43-,51-48-. The van der Waals surface area contributed by atoms with Crippen molar-refractivity contribution in [2.75, 3.05) is 13.2 Å². The van der Waals surface area contributed by atoms with Gasteiger partial charge in [-0.3, -0.25) is 14.4 Å². The number of hydrogen-bond donors (Lipinski definition) is 0. The van der Waals surface area contributed by atoms with Gasteiger partial charge in [0.05, 0.1) is 0 Å². The number of carbonyl (C=O) groups is 3. The highest BCUT2D eigenvalue weighted by Crippen LogP contribution is 2.16. The smallest absolute Gasteiger partial charge is 0.306 e. The Morgan fingerprint density at radius 1 is 0.263 bits per heavy atom. The lowest BCUT2D eigenvalue weighted by Gasteiger charge is -2.18. The highest BCUT2D eigenvalue weighted by atomic mass is 16.6. The van der Waals surface area contributed by atoms with Crippen molar-refractivity contribution in [3.63, 3.8) is 0 Å². The Kier molecular flexibility index (Phi) is 63.3. The normalized spacial score (nSPS) is 13.0. The molecule has 0 bridgehead atoms. The van der Waals surface area contributed by atoms with E-state index in [2.05, 4.69) is 154 Å². The van der Waals surface area contributed by atoms with Crippen molar-refractivity contribution in [3.8, 4) is 0 Å². The van der Waals surface area contributed by atoms with E-state index in [-0.39, 0.29) is 31.1 Å². The third-order valence-electron chi connectivity index (χ3n) is 13.9. The molecular weight excluding hydrogens is 985 g/mol. The van der Waals surface area contributed by atoms with Gasteiger partial charge in [0.25, 0.3) is 0 Å². The van der Waals surface area contributed by atoms with Crippen LogP contribution < -0.4 is 0 Å². The van der Waals surface area contributed by atoms with Crippen molar-refractivity contribution < 1.29 is 28.6 Å². The Bertz CT molecular complexity index is 1700. The highest BCUT2D eigenvalue weighted by molar-refractivity contribution is 5.71. The van der Waals surface area contributed by atoms with Gasteiger partial charge in [-0.15, -0.1) is 0 Å². The second-order valence-electron chi connectivity index (χ2n) is 21.6. The van der Waals surface area contributed by atoms with E-state index in [1.54, 1.807) is 0 Å². The second-order valence-corrected chi connectivity index (χ2v) is 21.6. The minimum atomic E-state index is -0.800. The van der Waals surface area contributed by atoms with Gasteiger partial charge in [0.2, 0.25) is 0 Å². The van der Waals surface area contributed by atoms with E-state index in [1.165, 1.54) is 109 Å². The third-order valence-corrected chi connectivity index (χ3v) is 13.9. The first-order valence-corrected chi connectivity index (χ1v) is 33.2. The second kappa shape index (κ2) is 67.1. The summed E-state index contributed by atoms with van der Waals surface area (Å²) >= 11 is 0. The van der Waals surface area contributed by atoms with E-state index in [0.717, 1.165) is 148 Å². The van der Waals surface area contributed by atoms with Crippen LogP contribution in [0.4, 0.5) is 0 Å². The van der Waals surface area contributed by atoms with E-state index < -0.39 is 6.10 Å². The summed E-state index contributed by atoms with van der Waals surface area (Å²) in [6, 6.07) is 0. The third kappa shape index (κ3) is 64.4. The monoisotopic (exact) mass is 1110 g/mol. The molecule has 0 radical (unpaired) electrons. The zero-order valence-electron chi connectivity index (χ0n) is 52.0. The van der Waals surface area contributed by atoms with Crippen molar-refractivity contribution in [2.45, 2.75) is 303 Å². The van der Waals surface area contributed by atoms with Crippen LogP contribution in [-0.4, -0.2) is 37.2 Å². The van der Waals surface area contributed by atoms with Crippen molar-refractivity contribution in [2.24, 2.45) is 0 Å². The summed E-state index contributed by atoms with van der Waals surface area (Å²) in [7, 11) is 0. The zero-order chi connectivity index (χ0) is 57.8. The molecule has 0 aromatic carbocycles. The Hall–Kier alpha value is -4.45. The number of carbonyl (C=O) groups excluding carboxylic acids is 3. The Balaban J connectivity index is 4.34. The molecule has 0 aliphatic carbocycles. The fourth-order valence-electron chi connectivity index (χ4n) is 9.00. The van der Waals surface area contributed by atoms with Gasteiger partial charge in [0.1, 0.15) is 13.2 Å². The maximum atomic E-state index is 12.9. The fourth-order valence-corrected chi connectivity index (χ4v) is 9.00. The van der Waals surface area contributed by atoms with Gasteiger partial charge >= 0.3 is 17.9 Å². The van der Waals surface area contributed by atoms with Crippen LogP contribution in [0.25, 0.3) is 0 Å². The molecule has 0 saturated heterocycles. The highest BCUT2D eigenvalue weighted by Gasteiger charge is 2.19. The topological polar surface area (TPSA) is 78.9 Å². The molecule has 0 aromatic heterocycles. The summed E-state index contributed by atoms with van der Waals surface area (Å²) < 4.78 is 16.9. The SMILES string of the molecule is CC/C=C\C/C=C\C/C=C\C/C=C\C/C=C\C/C=C\C/C=C\C/C=C\CCCCCCCCC(=O)OCC(COC(=O)CCCCC/C=C\C/C=C\C/C=C\CC)OC(=O)CCCCCCCCCCCCCCCCCCCC. The lowest BCUT2D eigenvalue weighted by Crippen LogP contribution is -2.30. The van der Waals surface area contributed by atoms with Gasteiger partial charge in [-0.25, -0.2) is 0 Å². The summed E-state index contributed by atoms with van der Waals surface area (Å²) in [5.41, 5.74) is 0. The van der Waals surface area contributed by atoms with Crippen molar-refractivity contribution in [1.82, 2.24) is 0 Å². The van der Waals surface area contributed by atoms with Crippen LogP contribution in [0.15, 0.2) is 134 Å². The van der Waals surface area contributed by atoms with Gasteiger partial charge in [-0.05, 0) is 116 Å². The summed E-state index contributed by atoms with van der Waals surface area (Å²) in [6.07, 6.45) is 94.7. The number of ether oxygens (including phenoxy) is 3. The number of unbranched alkanes of at least 4 members (excludes halogenated alkanes) is 26. The molecular formula is C74H122O6. The van der Waals surface area contributed by atoms with Crippen LogP contribution >= 0.6 is 0 Å². The first-order valence-electron chi connectivity index (χ1n) is 33.2. The van der Waals surface area contributed by atoms with Crippen LogP contribution in [-0.2, 0) is 28.6 Å². The van der Waals surface area contributed by atoms with Gasteiger partial charge < -0.3 is 14.2 Å². The maximum absolute atomic E-state index is 12.9. The molecule has 0 heterocycles. The minimum Gasteiger partial charge on any atom is -0.462 e. The zero-order valence-corrected chi connectivity index (χ0v) is 52.0. The lowest BCUT2D eigenvalue weighted by molar-refractivity contribution is -0.167. The molecule has 0 rings (SSSR count). The Labute approximate surface area is 494 Å². The van der Waals surface area contributed by atoms with Crippen LogP contribution in [0.5, 0.6) is 0 Å². The Morgan fingerprint density at radius 2 is 0.487 bits per heavy atom. The predicted octanol–water partition coefficient (Wildman–Crippen LogP) is 22.9. The van der Waals surface area contributed by atoms with Crippen LogP contribution in [0.3, 0.4) is 0 Å². The molecule has 6 heteroatoms. The molecule has 0 saturated carbocycles. The molecule has 0 amide bonds. The number of rotatable bonds is 59. The molecule has 1 atom stereocenters. The van der Waals surface area contributed by atoms with Crippen LogP contribution in [0.1, 0.15) is 297 Å². The van der Waals surface area contributed by atoms with Gasteiger partial charge in [0.15, 0.2) is 6.10 Å². The van der Waals surface area contributed by atoms with Gasteiger partial charge in [0, 0.05) is 19.3 Å². The molecule has 0 fully saturated rings. The first kappa shape index (κ1) is 75.5. The van der Waals surface area contributed by atoms with E-state index in [4.69, 9.17) is 14.2 Å². The Morgan fingerprint density at radius 3 is 0.775 bits per heavy atom. The molecule has 0 spiro atoms. The van der Waals surface area contributed by atoms with Crippen molar-refractivity contribution in [3.05, 3.63) is 134 Å². The summed E-state index contributed by atoms with van der Waals surface area (Å²) in [6.45, 7) is 6.39. The largest absolute Gasteiger partial charge is 0.462 e. The van der Waals surface area contributed by atoms with Crippen LogP contribution in [0, 0.1) is 0 Å². The van der Waals surface area contributed by atoms with E-state index in [1.807, 2.05) is 0 Å². The molecule has 80 heavy (non-hydrogen) atoms. The molecule has 0 N–H and O–H groups in total. The lowest BCUT2D eigenvalue weighted by atomic mass is 10.0. The average molecular weight is 1110 g/mol. The minimum absolute atomic E-state index is 0.0965. The van der Waals surface area contributed by atoms with Gasteiger partial charge in [-0.1, -0.05) is 296 Å². The average Bonchev–Trinajstić information content (AvgIpc) is 3.46. The van der Waals surface area contributed by atoms with E-state index >= 15 is 0 Å². The van der Waals surface area contributed by atoms with E-state index in [9.17, 15) is 14.4 Å². The van der Waals surface area contributed by atoms with Crippen molar-refractivity contribution in [1.29, 1.82) is 0 Å². The summed E-state index contributed by atoms with van der Waals surface area (Å²) in [5, 5.41) is 0. The molecule has 1 unspecified atom stereocenters. The number of esters is 3. The summed E-state index contributed by atoms with van der Waals surface area (Å²) in [4.78, 5) is 38.3. The fraction of sp³-hybridized carbons (Fsp3) is 0.662. The molecule has 0 aromatic rings. The number of hydrogen-bond acceptors (Lipinski definition) is 6. The molecule has 0 aliphatic heterocycles. The van der Waals surface area contributed by atoms with Crippen molar-refractivity contribution >= 4 is 17.9 Å². The first-order chi connectivity index (χ1) is 39.5. The van der Waals surface area contributed by atoms with Gasteiger partial charge in [-0.2, -0.15) is 0 Å². The molecule has 0 aliphatic rings. The quantitative estimate of drug-likeness (QED) is 0.0261. The number of allylic oxidation sites excluding steroid dienone is 22. The van der Waals surface area contributed by atoms with Crippen LogP contribution in [0.2, 0.25) is 0 Å². The molecule has 454 valence electrons.